The van der Waals surface area contributed by atoms with Crippen molar-refractivity contribution in [3.63, 3.8) is 0 Å². The van der Waals surface area contributed by atoms with Gasteiger partial charge in [0.15, 0.2) is 0 Å². The van der Waals surface area contributed by atoms with E-state index in [4.69, 9.17) is 4.74 Å². The molecule has 6 nitrogen and oxygen atoms in total. The van der Waals surface area contributed by atoms with Crippen LogP contribution in [-0.2, 0) is 4.74 Å². The molecule has 0 saturated carbocycles. The highest BCUT2D eigenvalue weighted by Crippen LogP contribution is 2.34. The lowest BCUT2D eigenvalue weighted by Gasteiger charge is -2.27. The van der Waals surface area contributed by atoms with E-state index in [0.29, 0.717) is 12.9 Å². The normalized spacial score (nSPS) is 23.2. The molecule has 1 N–H and O–H groups in total. The van der Waals surface area contributed by atoms with Crippen molar-refractivity contribution in [1.82, 2.24) is 14.5 Å². The van der Waals surface area contributed by atoms with Crippen LogP contribution in [0.5, 0.6) is 0 Å². The number of halogens is 1. The Hall–Kier alpha value is -0.400. The van der Waals surface area contributed by atoms with E-state index >= 15 is 0 Å². The van der Waals surface area contributed by atoms with E-state index in [1.807, 2.05) is 37.6 Å². The van der Waals surface area contributed by atoms with Gasteiger partial charge in [0.1, 0.15) is 5.60 Å². The summed E-state index contributed by atoms with van der Waals surface area (Å²) in [5.74, 6) is 0.205. The molecule has 1 saturated heterocycles. The molecule has 0 aromatic carbocycles. The van der Waals surface area contributed by atoms with E-state index in [-0.39, 0.29) is 24.7 Å². The summed E-state index contributed by atoms with van der Waals surface area (Å²) in [4.78, 5) is 13.9. The number of ether oxygens (including phenoxy) is 1. The van der Waals surface area contributed by atoms with Gasteiger partial charge in [0.05, 0.1) is 25.2 Å². The first-order valence-corrected chi connectivity index (χ1v) is 10.9. The molecule has 3 unspecified atom stereocenters. The van der Waals surface area contributed by atoms with Crippen LogP contribution in [0.1, 0.15) is 38.7 Å². The first-order chi connectivity index (χ1) is 9.84. The van der Waals surface area contributed by atoms with Gasteiger partial charge in [-0.2, -0.15) is 5.10 Å². The molecule has 1 aromatic rings. The fourth-order valence-electron chi connectivity index (χ4n) is 2.47. The molecule has 0 bridgehead atoms. The maximum atomic E-state index is 12.2. The Morgan fingerprint density at radius 1 is 1.62 bits per heavy atom. The third-order valence-corrected chi connectivity index (χ3v) is 5.31. The maximum absolute atomic E-state index is 12.2. The number of aliphatic hydroxyl groups is 1. The molecule has 2 rings (SSSR count). The first kappa shape index (κ1) is 17.0. The lowest BCUT2D eigenvalue weighted by Crippen LogP contribution is -2.41. The third kappa shape index (κ3) is 4.29. The molecule has 0 radical (unpaired) electrons. The van der Waals surface area contributed by atoms with Crippen molar-refractivity contribution in [3.8, 4) is 0 Å². The number of aromatic nitrogens is 2. The van der Waals surface area contributed by atoms with E-state index in [1.165, 1.54) is 0 Å². The van der Waals surface area contributed by atoms with Gasteiger partial charge in [-0.3, -0.25) is 0 Å². The molecular formula is C13H21IN3O3P. The fraction of sp³-hybridized carbons (Fsp3) is 0.692. The van der Waals surface area contributed by atoms with Gasteiger partial charge in [-0.25, -0.2) is 9.25 Å². The summed E-state index contributed by atoms with van der Waals surface area (Å²) >= 11 is 2.27. The second-order valence-corrected chi connectivity index (χ2v) is 8.28. The van der Waals surface area contributed by atoms with E-state index in [2.05, 4.69) is 27.1 Å². The number of hydrogen-bond acceptors (Lipinski definition) is 4. The van der Waals surface area contributed by atoms with Gasteiger partial charge in [0.25, 0.3) is 0 Å². The number of carbonyl (C=O) groups is 1. The number of likely N-dealkylation sites (tertiary alicyclic amines) is 1. The standard InChI is InChI=1S/C13H21IN3O3P/c1-13(2,3)20-12(19)16-6-9(4-11(16)8-18)10-5-15-17(7-10)21-14/h5,7,9,11,18,21H,4,6,8H2,1-3H3. The average Bonchev–Trinajstić information content (AvgIpc) is 3.02. The Balaban J connectivity index is 2.08. The predicted molar refractivity (Wildman–Crippen MR) is 91.1 cm³/mol. The van der Waals surface area contributed by atoms with Crippen LogP contribution in [-0.4, -0.2) is 50.4 Å². The monoisotopic (exact) mass is 425 g/mol. The second kappa shape index (κ2) is 6.79. The minimum Gasteiger partial charge on any atom is -0.444 e. The van der Waals surface area contributed by atoms with Gasteiger partial charge in [0, 0.05) is 18.7 Å². The lowest BCUT2D eigenvalue weighted by atomic mass is 10.00. The van der Waals surface area contributed by atoms with Crippen LogP contribution >= 0.6 is 28.4 Å². The number of rotatable bonds is 3. The molecule has 2 heterocycles. The summed E-state index contributed by atoms with van der Waals surface area (Å²) < 4.78 is 7.31. The predicted octanol–water partition coefficient (Wildman–Crippen LogP) is 2.76. The number of carbonyl (C=O) groups excluding carboxylic acids is 1. The van der Waals surface area contributed by atoms with Crippen molar-refractivity contribution in [3.05, 3.63) is 18.0 Å². The Morgan fingerprint density at radius 3 is 2.86 bits per heavy atom. The minimum atomic E-state index is -0.525. The second-order valence-electron chi connectivity index (χ2n) is 6.20. The average molecular weight is 425 g/mol. The minimum absolute atomic E-state index is 0.0437. The Morgan fingerprint density at radius 2 is 2.33 bits per heavy atom. The summed E-state index contributed by atoms with van der Waals surface area (Å²) in [6.07, 6.45) is 4.82. The highest BCUT2D eigenvalue weighted by Gasteiger charge is 2.38. The Labute approximate surface area is 139 Å². The first-order valence-electron chi connectivity index (χ1n) is 6.85. The Bertz CT molecular complexity index is 503. The van der Waals surface area contributed by atoms with Crippen molar-refractivity contribution < 1.29 is 14.6 Å². The quantitative estimate of drug-likeness (QED) is 0.598. The summed E-state index contributed by atoms with van der Waals surface area (Å²) in [5.41, 5.74) is 0.589. The zero-order valence-corrected chi connectivity index (χ0v) is 15.6. The maximum Gasteiger partial charge on any atom is 0.410 e. The summed E-state index contributed by atoms with van der Waals surface area (Å²) in [5, 5.41) is 13.8. The van der Waals surface area contributed by atoms with Crippen molar-refractivity contribution in [1.29, 1.82) is 0 Å². The smallest absolute Gasteiger partial charge is 0.410 e. The largest absolute Gasteiger partial charge is 0.444 e. The zero-order valence-electron chi connectivity index (χ0n) is 12.4. The van der Waals surface area contributed by atoms with E-state index in [1.54, 1.807) is 4.90 Å². The molecule has 8 heteroatoms. The highest BCUT2D eigenvalue weighted by molar-refractivity contribution is 14.2. The van der Waals surface area contributed by atoms with Crippen LogP contribution in [0, 0.1) is 0 Å². The van der Waals surface area contributed by atoms with Crippen LogP contribution in [0.15, 0.2) is 12.4 Å². The molecular weight excluding hydrogens is 404 g/mol. The van der Waals surface area contributed by atoms with Crippen molar-refractivity contribution >= 4 is 34.5 Å². The van der Waals surface area contributed by atoms with E-state index in [0.717, 1.165) is 12.0 Å². The van der Waals surface area contributed by atoms with E-state index in [9.17, 15) is 9.90 Å². The van der Waals surface area contributed by atoms with Gasteiger partial charge in [-0.05, 0) is 54.8 Å². The van der Waals surface area contributed by atoms with Crippen LogP contribution in [0.4, 0.5) is 4.79 Å². The lowest BCUT2D eigenvalue weighted by molar-refractivity contribution is 0.0174. The molecule has 1 aromatic heterocycles. The summed E-state index contributed by atoms with van der Waals surface area (Å²) in [7, 11) is 0. The van der Waals surface area contributed by atoms with Crippen LogP contribution < -0.4 is 0 Å². The SMILES string of the molecule is CC(C)(C)OC(=O)N1CC(c2cnn(PI)c2)CC1CO. The van der Waals surface area contributed by atoms with Gasteiger partial charge < -0.3 is 14.7 Å². The molecule has 3 atom stereocenters. The summed E-state index contributed by atoms with van der Waals surface area (Å²) in [6.45, 7) is 6.06. The topological polar surface area (TPSA) is 67.6 Å². The number of hydrogen-bond donors (Lipinski definition) is 1. The molecule has 1 amide bonds. The molecule has 118 valence electrons. The highest BCUT2D eigenvalue weighted by atomic mass is 127. The molecule has 21 heavy (non-hydrogen) atoms. The van der Waals surface area contributed by atoms with Gasteiger partial charge in [0.2, 0.25) is 0 Å². The molecule has 1 aliphatic heterocycles. The number of nitrogens with zero attached hydrogens (tertiary/aromatic N) is 3. The zero-order chi connectivity index (χ0) is 15.6. The van der Waals surface area contributed by atoms with Gasteiger partial charge in [-0.1, -0.05) is 0 Å². The van der Waals surface area contributed by atoms with Crippen molar-refractivity contribution in [2.75, 3.05) is 13.2 Å². The molecule has 1 fully saturated rings. The molecule has 1 aliphatic rings. The number of aliphatic hydroxyl groups excluding tert-OH is 1. The third-order valence-electron chi connectivity index (χ3n) is 3.41. The van der Waals surface area contributed by atoms with Crippen LogP contribution in [0.3, 0.4) is 0 Å². The fourth-order valence-corrected chi connectivity index (χ4v) is 3.56. The Kier molecular flexibility index (Phi) is 5.48. The molecule has 0 aliphatic carbocycles. The van der Waals surface area contributed by atoms with Crippen LogP contribution in [0.2, 0.25) is 0 Å². The van der Waals surface area contributed by atoms with Crippen molar-refractivity contribution in [2.45, 2.75) is 44.8 Å². The summed E-state index contributed by atoms with van der Waals surface area (Å²) in [6, 6.07) is -0.185. The van der Waals surface area contributed by atoms with Gasteiger partial charge in [-0.15, -0.1) is 0 Å². The molecule has 0 spiro atoms. The van der Waals surface area contributed by atoms with E-state index < -0.39 is 5.60 Å². The number of amides is 1. The van der Waals surface area contributed by atoms with Crippen LogP contribution in [0.25, 0.3) is 0 Å². The van der Waals surface area contributed by atoms with Gasteiger partial charge >= 0.3 is 6.09 Å². The van der Waals surface area contributed by atoms with Crippen molar-refractivity contribution in [2.24, 2.45) is 0 Å².